The van der Waals surface area contributed by atoms with Crippen molar-refractivity contribution in [2.45, 2.75) is 0 Å². The molecule has 15 heavy (non-hydrogen) atoms. The first-order chi connectivity index (χ1) is 3.71. The van der Waals surface area contributed by atoms with Crippen LogP contribution in [0.4, 0.5) is 0 Å². The van der Waals surface area contributed by atoms with E-state index >= 15 is 0 Å². The maximum atomic E-state index is 9.32. The van der Waals surface area contributed by atoms with Crippen molar-refractivity contribution in [2.75, 3.05) is 0 Å². The first-order valence-corrected chi connectivity index (χ1v) is 4.38. The number of rotatable bonds is 2. The van der Waals surface area contributed by atoms with Gasteiger partial charge in [-0.3, -0.25) is 0 Å². The van der Waals surface area contributed by atoms with Gasteiger partial charge >= 0.3 is 180 Å². The maximum Gasteiger partial charge on any atom is 1.00 e. The van der Waals surface area contributed by atoms with E-state index in [-0.39, 0.29) is 186 Å². The zero-order chi connectivity index (χ0) is 7.71. The second kappa shape index (κ2) is 20.3. The minimum atomic E-state index is -5.68. The summed E-state index contributed by atoms with van der Waals surface area (Å²) in [5.74, 6) is 0. The van der Waals surface area contributed by atoms with Crippen molar-refractivity contribution in [2.24, 2.45) is 0 Å². The second-order valence-electron chi connectivity index (χ2n) is 0.976. The maximum absolute atomic E-state index is 9.32. The summed E-state index contributed by atoms with van der Waals surface area (Å²) in [6.45, 7) is 0. The minimum absolute atomic E-state index is 0. The van der Waals surface area contributed by atoms with Gasteiger partial charge in [-0.05, 0) is 0 Å². The van der Waals surface area contributed by atoms with Crippen molar-refractivity contribution >= 4 is 15.6 Å². The van der Waals surface area contributed by atoms with Crippen LogP contribution in [0.5, 0.6) is 0 Å². The van der Waals surface area contributed by atoms with E-state index in [1.54, 1.807) is 0 Å². The first kappa shape index (κ1) is 42.9. The van der Waals surface area contributed by atoms with Crippen molar-refractivity contribution in [3.8, 4) is 0 Å². The molecular weight excluding hydrogens is 312 g/mol. The number of hydrogen-bond donors (Lipinski definition) is 0. The molecule has 0 aliphatic heterocycles. The van der Waals surface area contributed by atoms with Crippen LogP contribution in [0.15, 0.2) is 0 Å². The molecule has 64 valence electrons. The quantitative estimate of drug-likeness (QED) is 0.364. The summed E-state index contributed by atoms with van der Waals surface area (Å²) in [5, 5.41) is 0. The van der Waals surface area contributed by atoms with Crippen LogP contribution < -0.4 is 197 Å². The van der Waals surface area contributed by atoms with Crippen LogP contribution in [0.25, 0.3) is 0 Å². The van der Waals surface area contributed by atoms with Crippen molar-refractivity contribution in [1.82, 2.24) is 0 Å². The molecule has 0 aromatic rings. The van der Waals surface area contributed by atoms with E-state index in [1.165, 1.54) is 0 Å². The fourth-order valence-electron chi connectivity index (χ4n) is 0.122. The van der Waals surface area contributed by atoms with Gasteiger partial charge in [-0.1, -0.05) is 0 Å². The monoisotopic (exact) mass is 318 g/mol. The van der Waals surface area contributed by atoms with Gasteiger partial charge in [0.1, 0.15) is 0 Å². The van der Waals surface area contributed by atoms with Crippen LogP contribution in [0.1, 0.15) is 8.56 Å². The Morgan fingerprint density at radius 1 is 0.733 bits per heavy atom. The topological polar surface area (TPSA) is 136 Å². The molecule has 0 heterocycles. The predicted octanol–water partition coefficient (Wildman–Crippen LogP) is -20.6. The Morgan fingerprint density at radius 2 is 0.867 bits per heavy atom. The van der Waals surface area contributed by atoms with E-state index in [2.05, 4.69) is 4.31 Å². The molecule has 0 unspecified atom stereocenters. The molecule has 0 aliphatic carbocycles. The van der Waals surface area contributed by atoms with Gasteiger partial charge < -0.3 is 38.7 Å². The van der Waals surface area contributed by atoms with E-state index in [4.69, 9.17) is 0 Å². The molecular formula is H6Na6O7P2. The van der Waals surface area contributed by atoms with Gasteiger partial charge in [0.15, 0.2) is 0 Å². The third-order valence-corrected chi connectivity index (χ3v) is 1.80. The molecule has 0 amide bonds. The first-order valence-electron chi connectivity index (χ1n) is 1.46. The van der Waals surface area contributed by atoms with E-state index in [1.807, 2.05) is 0 Å². The standard InChI is InChI=1S/6Na.H4O7P2.4H/c;;;;;;1-8(2,3)7-9(4,5)6;;;;/h;;;;;;(H2,1,2,3)(H2,4,5,6);;;;/q6*+1;;4*-1/p-2. The average molecular weight is 318 g/mol. The van der Waals surface area contributed by atoms with Crippen molar-refractivity contribution in [3.63, 3.8) is 0 Å². The average Bonchev–Trinajstić information content (AvgIpc) is 1.14. The SMILES string of the molecule is O=P([O-])([O-])OP(=O)([O-])[O-].[H+].[H+].[H-].[H-].[H-].[H-].[Na+].[Na+].[Na+].[Na+].[Na+].[Na+]. The minimum Gasteiger partial charge on any atom is -1.00 e. The Bertz CT molecular complexity index is 180. The van der Waals surface area contributed by atoms with Gasteiger partial charge in [0.05, 0.1) is 15.6 Å². The molecule has 0 aromatic carbocycles. The van der Waals surface area contributed by atoms with Crippen LogP contribution >= 0.6 is 15.6 Å². The summed E-state index contributed by atoms with van der Waals surface area (Å²) in [6.07, 6.45) is 0. The summed E-state index contributed by atoms with van der Waals surface area (Å²) in [7, 11) is -11.4. The van der Waals surface area contributed by atoms with E-state index < -0.39 is 15.6 Å². The van der Waals surface area contributed by atoms with Crippen LogP contribution in [0.2, 0.25) is 0 Å². The molecule has 0 aliphatic rings. The van der Waals surface area contributed by atoms with E-state index in [0.717, 1.165) is 0 Å². The Hall–Kier alpha value is 6.26. The summed E-state index contributed by atoms with van der Waals surface area (Å²) >= 11 is 0. The Labute approximate surface area is 229 Å². The molecule has 0 atom stereocenters. The van der Waals surface area contributed by atoms with E-state index in [9.17, 15) is 28.7 Å². The Balaban J connectivity index is -0.00000000485. The molecule has 0 radical (unpaired) electrons. The molecule has 7 nitrogen and oxygen atoms in total. The zero-order valence-corrected chi connectivity index (χ0v) is 23.5. The van der Waals surface area contributed by atoms with Gasteiger partial charge in [0.25, 0.3) is 0 Å². The molecule has 0 fully saturated rings. The van der Waals surface area contributed by atoms with Gasteiger partial charge in [0.2, 0.25) is 0 Å². The van der Waals surface area contributed by atoms with Crippen molar-refractivity contribution in [1.29, 1.82) is 0 Å². The fourth-order valence-corrected chi connectivity index (χ4v) is 1.10. The van der Waals surface area contributed by atoms with Crippen molar-refractivity contribution < 1.29 is 219 Å². The number of hydrogen-bond acceptors (Lipinski definition) is 7. The molecule has 0 spiro atoms. The molecule has 0 saturated heterocycles. The summed E-state index contributed by atoms with van der Waals surface area (Å²) in [5.41, 5.74) is 0. The second-order valence-corrected chi connectivity index (χ2v) is 3.42. The number of phosphoric acid groups is 2. The molecule has 0 saturated carbocycles. The predicted molar refractivity (Wildman–Crippen MR) is 23.0 cm³/mol. The smallest absolute Gasteiger partial charge is 1.00 e. The van der Waals surface area contributed by atoms with Crippen LogP contribution in [-0.4, -0.2) is 0 Å². The van der Waals surface area contributed by atoms with Crippen LogP contribution in [-0.2, 0) is 13.4 Å². The van der Waals surface area contributed by atoms with Crippen molar-refractivity contribution in [3.05, 3.63) is 0 Å². The third kappa shape index (κ3) is 44.9. The molecule has 0 aromatic heterocycles. The van der Waals surface area contributed by atoms with Gasteiger partial charge in [-0.25, -0.2) is 0 Å². The van der Waals surface area contributed by atoms with E-state index in [0.29, 0.717) is 0 Å². The summed E-state index contributed by atoms with van der Waals surface area (Å²) in [6, 6.07) is 0. The zero-order valence-electron chi connectivity index (χ0n) is 15.8. The Morgan fingerprint density at radius 3 is 0.867 bits per heavy atom. The third-order valence-electron chi connectivity index (χ3n) is 0.200. The Kier molecular flexibility index (Phi) is 58.0. The van der Waals surface area contributed by atoms with Gasteiger partial charge in [-0.2, -0.15) is 0 Å². The largest absolute Gasteiger partial charge is 1.00 e. The molecule has 0 bridgehead atoms. The fraction of sp³-hybridized carbons (Fsp3) is 0. The molecule has 0 rings (SSSR count). The van der Waals surface area contributed by atoms with Crippen LogP contribution in [0.3, 0.4) is 0 Å². The summed E-state index contributed by atoms with van der Waals surface area (Å²) < 4.78 is 21.2. The molecule has 15 heteroatoms. The van der Waals surface area contributed by atoms with Gasteiger partial charge in [-0.15, -0.1) is 0 Å². The van der Waals surface area contributed by atoms with Crippen LogP contribution in [0, 0.1) is 0 Å². The molecule has 0 N–H and O–H groups in total. The summed E-state index contributed by atoms with van der Waals surface area (Å²) in [4.78, 5) is 37.3. The normalized spacial score (nSPS) is 8.27. The van der Waals surface area contributed by atoms with Gasteiger partial charge in [0, 0.05) is 0 Å².